The molecule has 2 amide bonds. The first kappa shape index (κ1) is 19.9. The minimum absolute atomic E-state index is 0.101. The Morgan fingerprint density at radius 2 is 1.82 bits per heavy atom. The molecule has 6 heteroatoms. The van der Waals surface area contributed by atoms with Gasteiger partial charge in [0.2, 0.25) is 0 Å². The van der Waals surface area contributed by atoms with Gasteiger partial charge in [-0.1, -0.05) is 31.2 Å². The van der Waals surface area contributed by atoms with E-state index < -0.39 is 0 Å². The zero-order valence-corrected chi connectivity index (χ0v) is 16.5. The first-order valence-corrected chi connectivity index (χ1v) is 9.75. The number of aromatic nitrogens is 1. The summed E-state index contributed by atoms with van der Waals surface area (Å²) in [5.41, 5.74) is 1.62. The number of para-hydroxylation sites is 1. The monoisotopic (exact) mass is 381 g/mol. The number of pyridine rings is 1. The molecule has 1 aliphatic heterocycles. The average molecular weight is 381 g/mol. The van der Waals surface area contributed by atoms with Gasteiger partial charge in [0.15, 0.2) is 0 Å². The summed E-state index contributed by atoms with van der Waals surface area (Å²) in [5.74, 6) is 1.07. The van der Waals surface area contributed by atoms with Gasteiger partial charge in [0, 0.05) is 19.6 Å². The van der Waals surface area contributed by atoms with Gasteiger partial charge in [-0.25, -0.2) is 4.98 Å². The smallest absolute Gasteiger partial charge is 0.272 e. The Bertz CT molecular complexity index is 829. The van der Waals surface area contributed by atoms with Crippen LogP contribution in [-0.4, -0.2) is 48.4 Å². The molecule has 2 aromatic rings. The number of rotatable bonds is 6. The predicted molar refractivity (Wildman–Crippen MR) is 108 cm³/mol. The van der Waals surface area contributed by atoms with Crippen LogP contribution >= 0.6 is 0 Å². The van der Waals surface area contributed by atoms with E-state index in [0.717, 1.165) is 37.2 Å². The van der Waals surface area contributed by atoms with E-state index in [1.54, 1.807) is 25.3 Å². The molecule has 0 unspecified atom stereocenters. The number of hydrogen-bond acceptors (Lipinski definition) is 4. The van der Waals surface area contributed by atoms with Crippen molar-refractivity contribution in [1.29, 1.82) is 0 Å². The van der Waals surface area contributed by atoms with Crippen molar-refractivity contribution >= 4 is 11.8 Å². The Balaban J connectivity index is 1.58. The highest BCUT2D eigenvalue weighted by Gasteiger charge is 2.23. The van der Waals surface area contributed by atoms with E-state index in [0.29, 0.717) is 24.6 Å². The zero-order valence-electron chi connectivity index (χ0n) is 16.5. The van der Waals surface area contributed by atoms with Crippen LogP contribution in [0.2, 0.25) is 0 Å². The van der Waals surface area contributed by atoms with Gasteiger partial charge in [-0.05, 0) is 48.9 Å². The molecule has 148 valence electrons. The summed E-state index contributed by atoms with van der Waals surface area (Å²) in [7, 11) is 1.63. The van der Waals surface area contributed by atoms with E-state index in [2.05, 4.69) is 17.2 Å². The van der Waals surface area contributed by atoms with Crippen molar-refractivity contribution in [3.8, 4) is 5.75 Å². The van der Waals surface area contributed by atoms with Crippen LogP contribution in [0.15, 0.2) is 42.5 Å². The molecule has 0 saturated carbocycles. The highest BCUT2D eigenvalue weighted by atomic mass is 16.5. The lowest BCUT2D eigenvalue weighted by atomic mass is 9.99. The number of methoxy groups -OCH3 is 1. The molecule has 0 aliphatic carbocycles. The second-order valence-electron chi connectivity index (χ2n) is 7.20. The average Bonchev–Trinajstić information content (AvgIpc) is 2.74. The third-order valence-corrected chi connectivity index (χ3v) is 5.14. The molecule has 3 rings (SSSR count). The fourth-order valence-electron chi connectivity index (χ4n) is 3.36. The zero-order chi connectivity index (χ0) is 19.9. The number of piperidine rings is 1. The van der Waals surface area contributed by atoms with Gasteiger partial charge in [-0.3, -0.25) is 9.59 Å². The summed E-state index contributed by atoms with van der Waals surface area (Å²) < 4.78 is 5.33. The summed E-state index contributed by atoms with van der Waals surface area (Å²) in [6.07, 6.45) is 2.67. The molecule has 1 fully saturated rings. The lowest BCUT2D eigenvalue weighted by molar-refractivity contribution is 0.0691. The van der Waals surface area contributed by atoms with Gasteiger partial charge >= 0.3 is 0 Å². The van der Waals surface area contributed by atoms with Crippen molar-refractivity contribution in [1.82, 2.24) is 15.2 Å². The van der Waals surface area contributed by atoms with Crippen molar-refractivity contribution in [2.24, 2.45) is 5.92 Å². The predicted octanol–water partition coefficient (Wildman–Crippen LogP) is 2.93. The largest absolute Gasteiger partial charge is 0.496 e. The number of carbonyl (C=O) groups excluding carboxylic acids is 2. The first-order valence-electron chi connectivity index (χ1n) is 9.75. The molecule has 6 nitrogen and oxygen atoms in total. The number of benzene rings is 1. The second kappa shape index (κ2) is 9.35. The molecule has 1 saturated heterocycles. The van der Waals surface area contributed by atoms with Gasteiger partial charge in [-0.15, -0.1) is 0 Å². The van der Waals surface area contributed by atoms with Crippen molar-refractivity contribution in [3.05, 3.63) is 59.4 Å². The van der Waals surface area contributed by atoms with Crippen LogP contribution in [0.5, 0.6) is 5.75 Å². The molecule has 2 heterocycles. The molecule has 0 atom stereocenters. The maximum atomic E-state index is 12.7. The summed E-state index contributed by atoms with van der Waals surface area (Å²) in [4.78, 5) is 31.2. The van der Waals surface area contributed by atoms with Crippen LogP contribution in [0.25, 0.3) is 0 Å². The van der Waals surface area contributed by atoms with Gasteiger partial charge in [0.05, 0.1) is 7.11 Å². The topological polar surface area (TPSA) is 71.5 Å². The van der Waals surface area contributed by atoms with Crippen molar-refractivity contribution < 1.29 is 14.3 Å². The number of carbonyl (C=O) groups is 2. The molecular formula is C22H27N3O3. The molecule has 28 heavy (non-hydrogen) atoms. The number of amides is 2. The number of likely N-dealkylation sites (tertiary alicyclic amines) is 1. The van der Waals surface area contributed by atoms with Gasteiger partial charge in [-0.2, -0.15) is 0 Å². The Morgan fingerprint density at radius 1 is 1.11 bits per heavy atom. The van der Waals surface area contributed by atoms with Crippen molar-refractivity contribution in [2.75, 3.05) is 26.7 Å². The maximum Gasteiger partial charge on any atom is 0.272 e. The van der Waals surface area contributed by atoms with Crippen molar-refractivity contribution in [3.63, 3.8) is 0 Å². The summed E-state index contributed by atoms with van der Waals surface area (Å²) in [5, 5.41) is 2.87. The minimum atomic E-state index is -0.281. The molecule has 0 radical (unpaired) electrons. The number of hydrogen-bond donors (Lipinski definition) is 1. The van der Waals surface area contributed by atoms with Crippen LogP contribution < -0.4 is 10.1 Å². The normalized spacial score (nSPS) is 14.6. The Morgan fingerprint density at radius 3 is 2.57 bits per heavy atom. The molecule has 1 aromatic heterocycles. The van der Waals surface area contributed by atoms with Crippen LogP contribution in [0, 0.1) is 5.92 Å². The SMILES string of the molecule is COc1ccccc1CCNC(=O)c1cccc(C(=O)N2CCC(C)CC2)n1. The Labute approximate surface area is 165 Å². The van der Waals surface area contributed by atoms with Gasteiger partial charge < -0.3 is 15.0 Å². The highest BCUT2D eigenvalue weighted by molar-refractivity contribution is 5.96. The molecule has 1 aliphatic rings. The Kier molecular flexibility index (Phi) is 6.63. The first-order chi connectivity index (χ1) is 13.6. The van der Waals surface area contributed by atoms with Crippen LogP contribution in [0.3, 0.4) is 0 Å². The molecular weight excluding hydrogens is 354 g/mol. The molecule has 0 bridgehead atoms. The van der Waals surface area contributed by atoms with E-state index >= 15 is 0 Å². The second-order valence-corrected chi connectivity index (χ2v) is 7.20. The third-order valence-electron chi connectivity index (χ3n) is 5.14. The van der Waals surface area contributed by atoms with E-state index in [1.165, 1.54) is 0 Å². The third kappa shape index (κ3) is 4.88. The fraction of sp³-hybridized carbons (Fsp3) is 0.409. The van der Waals surface area contributed by atoms with Gasteiger partial charge in [0.1, 0.15) is 17.1 Å². The quantitative estimate of drug-likeness (QED) is 0.835. The molecule has 0 spiro atoms. The van der Waals surface area contributed by atoms with E-state index in [9.17, 15) is 9.59 Å². The lowest BCUT2D eigenvalue weighted by Gasteiger charge is -2.30. The molecule has 1 N–H and O–H groups in total. The van der Waals surface area contributed by atoms with Gasteiger partial charge in [0.25, 0.3) is 11.8 Å². The minimum Gasteiger partial charge on any atom is -0.496 e. The van der Waals surface area contributed by atoms with E-state index in [-0.39, 0.29) is 17.5 Å². The van der Waals surface area contributed by atoms with E-state index in [4.69, 9.17) is 4.74 Å². The fourth-order valence-corrected chi connectivity index (χ4v) is 3.36. The number of ether oxygens (including phenoxy) is 1. The van der Waals surface area contributed by atoms with Crippen molar-refractivity contribution in [2.45, 2.75) is 26.2 Å². The summed E-state index contributed by atoms with van der Waals surface area (Å²) in [6, 6.07) is 12.7. The lowest BCUT2D eigenvalue weighted by Crippen LogP contribution is -2.38. The standard InChI is InChI=1S/C22H27N3O3/c1-16-11-14-25(15-12-16)22(27)19-8-5-7-18(24-19)21(26)23-13-10-17-6-3-4-9-20(17)28-2/h3-9,16H,10-15H2,1-2H3,(H,23,26). The Hall–Kier alpha value is -2.89. The number of nitrogens with one attached hydrogen (secondary N) is 1. The number of nitrogens with zero attached hydrogens (tertiary/aromatic N) is 2. The highest BCUT2D eigenvalue weighted by Crippen LogP contribution is 2.18. The maximum absolute atomic E-state index is 12.7. The van der Waals surface area contributed by atoms with Crippen LogP contribution in [-0.2, 0) is 6.42 Å². The summed E-state index contributed by atoms with van der Waals surface area (Å²) in [6.45, 7) is 4.16. The summed E-state index contributed by atoms with van der Waals surface area (Å²) >= 11 is 0. The van der Waals surface area contributed by atoms with Crippen LogP contribution in [0.4, 0.5) is 0 Å². The van der Waals surface area contributed by atoms with Crippen LogP contribution in [0.1, 0.15) is 46.3 Å². The molecule has 1 aromatic carbocycles. The van der Waals surface area contributed by atoms with E-state index in [1.807, 2.05) is 29.2 Å².